The van der Waals surface area contributed by atoms with Crippen LogP contribution in [0.1, 0.15) is 19.4 Å². The fourth-order valence-electron chi connectivity index (χ4n) is 2.02. The molecule has 1 atom stereocenters. The largest absolute Gasteiger partial charge is 0.480 e. The molecule has 0 fully saturated rings. The Morgan fingerprint density at radius 3 is 2.42 bits per heavy atom. The Kier molecular flexibility index (Phi) is 5.02. The molecule has 10 heteroatoms. The van der Waals surface area contributed by atoms with Crippen molar-refractivity contribution in [2.45, 2.75) is 32.1 Å². The van der Waals surface area contributed by atoms with Gasteiger partial charge in [0.1, 0.15) is 0 Å². The van der Waals surface area contributed by atoms with Crippen LogP contribution in [0.25, 0.3) is 11.4 Å². The van der Waals surface area contributed by atoms with Crippen molar-refractivity contribution in [2.75, 3.05) is 0 Å². The second-order valence-corrected chi connectivity index (χ2v) is 5.53. The predicted octanol–water partition coefficient (Wildman–Crippen LogP) is 2.96. The van der Waals surface area contributed by atoms with Crippen LogP contribution in [0, 0.1) is 0 Å². The Labute approximate surface area is 139 Å². The average Bonchev–Trinajstić information content (AvgIpc) is 2.81. The number of nitrogens with zero attached hydrogens (tertiary/aromatic N) is 3. The standard InChI is InChI=1S/C14H13ClF3N3O3/c1-8(12(22)23)21-13(24)20(7-6-14(16,17)18)11(19-21)9-2-4-10(15)5-3-9/h2-5,8H,6-7H2,1H3,(H,22,23). The lowest BCUT2D eigenvalue weighted by Gasteiger charge is -2.08. The van der Waals surface area contributed by atoms with Crippen LogP contribution < -0.4 is 5.69 Å². The highest BCUT2D eigenvalue weighted by Crippen LogP contribution is 2.23. The van der Waals surface area contributed by atoms with Crippen LogP contribution in [-0.4, -0.2) is 31.6 Å². The molecule has 1 unspecified atom stereocenters. The minimum Gasteiger partial charge on any atom is -0.480 e. The molecule has 0 bridgehead atoms. The van der Waals surface area contributed by atoms with Crippen LogP contribution in [0.3, 0.4) is 0 Å². The van der Waals surface area contributed by atoms with Crippen molar-refractivity contribution in [1.82, 2.24) is 14.3 Å². The summed E-state index contributed by atoms with van der Waals surface area (Å²) in [5, 5.41) is 13.3. The molecule has 1 aromatic heterocycles. The van der Waals surface area contributed by atoms with Gasteiger partial charge >= 0.3 is 17.8 Å². The second kappa shape index (κ2) is 6.68. The molecule has 1 heterocycles. The zero-order valence-electron chi connectivity index (χ0n) is 12.4. The lowest BCUT2D eigenvalue weighted by Crippen LogP contribution is -2.31. The monoisotopic (exact) mass is 363 g/mol. The fraction of sp³-hybridized carbons (Fsp3) is 0.357. The van der Waals surface area contributed by atoms with Crippen molar-refractivity contribution in [3.8, 4) is 11.4 Å². The van der Waals surface area contributed by atoms with Crippen LogP contribution in [0.15, 0.2) is 29.1 Å². The smallest absolute Gasteiger partial charge is 0.390 e. The first kappa shape index (κ1) is 18.1. The molecule has 0 saturated heterocycles. The summed E-state index contributed by atoms with van der Waals surface area (Å²) in [5.41, 5.74) is -0.561. The molecule has 0 amide bonds. The summed E-state index contributed by atoms with van der Waals surface area (Å²) in [6.45, 7) is 0.559. The van der Waals surface area contributed by atoms with Gasteiger partial charge in [-0.1, -0.05) is 11.6 Å². The summed E-state index contributed by atoms with van der Waals surface area (Å²) in [6, 6.07) is 4.66. The zero-order valence-corrected chi connectivity index (χ0v) is 13.2. The molecule has 0 radical (unpaired) electrons. The molecule has 1 N–H and O–H groups in total. The highest BCUT2D eigenvalue weighted by Gasteiger charge is 2.29. The van der Waals surface area contributed by atoms with E-state index in [4.69, 9.17) is 16.7 Å². The number of hydrogen-bond donors (Lipinski definition) is 1. The van der Waals surface area contributed by atoms with Crippen molar-refractivity contribution < 1.29 is 23.1 Å². The number of carbonyl (C=O) groups is 1. The van der Waals surface area contributed by atoms with Crippen LogP contribution >= 0.6 is 11.6 Å². The Bertz CT molecular complexity index is 796. The third-order valence-electron chi connectivity index (χ3n) is 3.33. The SMILES string of the molecule is CC(C(=O)O)n1nc(-c2ccc(Cl)cc2)n(CCC(F)(F)F)c1=O. The van der Waals surface area contributed by atoms with Crippen molar-refractivity contribution in [2.24, 2.45) is 0 Å². The summed E-state index contributed by atoms with van der Waals surface area (Å²) in [6.07, 6.45) is -5.70. The Hall–Kier alpha value is -2.29. The summed E-state index contributed by atoms with van der Waals surface area (Å²) in [7, 11) is 0. The van der Waals surface area contributed by atoms with Gasteiger partial charge in [-0.25, -0.2) is 9.59 Å². The second-order valence-electron chi connectivity index (χ2n) is 5.09. The number of aliphatic carboxylic acids is 1. The summed E-state index contributed by atoms with van der Waals surface area (Å²) < 4.78 is 39.0. The van der Waals surface area contributed by atoms with Crippen molar-refractivity contribution >= 4 is 17.6 Å². The number of benzene rings is 1. The van der Waals surface area contributed by atoms with Crippen molar-refractivity contribution in [1.29, 1.82) is 0 Å². The van der Waals surface area contributed by atoms with Gasteiger partial charge in [-0.05, 0) is 31.2 Å². The van der Waals surface area contributed by atoms with E-state index in [0.717, 1.165) is 4.57 Å². The van der Waals surface area contributed by atoms with Gasteiger partial charge in [0.25, 0.3) is 0 Å². The van der Waals surface area contributed by atoms with Gasteiger partial charge in [0.05, 0.1) is 6.42 Å². The van der Waals surface area contributed by atoms with Crippen molar-refractivity contribution in [3.63, 3.8) is 0 Å². The van der Waals surface area contributed by atoms with Gasteiger partial charge in [-0.2, -0.15) is 17.9 Å². The minimum atomic E-state index is -4.46. The van der Waals surface area contributed by atoms with Crippen LogP contribution in [0.4, 0.5) is 13.2 Å². The number of aromatic nitrogens is 3. The van der Waals surface area contributed by atoms with Crippen LogP contribution in [0.2, 0.25) is 5.02 Å². The van der Waals surface area contributed by atoms with E-state index in [1.54, 1.807) is 0 Å². The fourth-order valence-corrected chi connectivity index (χ4v) is 2.15. The van der Waals surface area contributed by atoms with E-state index < -0.39 is 36.8 Å². The Morgan fingerprint density at radius 1 is 1.33 bits per heavy atom. The number of rotatable bonds is 5. The van der Waals surface area contributed by atoms with E-state index in [1.807, 2.05) is 0 Å². The molecule has 24 heavy (non-hydrogen) atoms. The third-order valence-corrected chi connectivity index (χ3v) is 3.58. The molecule has 0 aliphatic carbocycles. The van der Waals surface area contributed by atoms with E-state index in [-0.39, 0.29) is 5.82 Å². The van der Waals surface area contributed by atoms with Gasteiger partial charge in [0.2, 0.25) is 0 Å². The molecular formula is C14H13ClF3N3O3. The molecule has 0 spiro atoms. The molecule has 2 aromatic rings. The Morgan fingerprint density at radius 2 is 1.92 bits per heavy atom. The lowest BCUT2D eigenvalue weighted by atomic mass is 10.2. The van der Waals surface area contributed by atoms with Gasteiger partial charge < -0.3 is 5.11 Å². The average molecular weight is 364 g/mol. The minimum absolute atomic E-state index is 0.0472. The number of hydrogen-bond acceptors (Lipinski definition) is 3. The summed E-state index contributed by atoms with van der Waals surface area (Å²) >= 11 is 5.77. The molecular weight excluding hydrogens is 351 g/mol. The zero-order chi connectivity index (χ0) is 18.1. The molecule has 0 aliphatic rings. The van der Waals surface area contributed by atoms with Crippen LogP contribution in [-0.2, 0) is 11.3 Å². The van der Waals surface area contributed by atoms with E-state index in [0.29, 0.717) is 15.3 Å². The van der Waals surface area contributed by atoms with Gasteiger partial charge in [0.15, 0.2) is 11.9 Å². The molecule has 2 rings (SSSR count). The first-order chi connectivity index (χ1) is 11.1. The number of alkyl halides is 3. The maximum Gasteiger partial charge on any atom is 0.390 e. The first-order valence-corrected chi connectivity index (χ1v) is 7.23. The van der Waals surface area contributed by atoms with E-state index in [9.17, 15) is 22.8 Å². The summed E-state index contributed by atoms with van der Waals surface area (Å²) in [5.74, 6) is -1.37. The number of carboxylic acid groups (broad SMARTS) is 1. The first-order valence-electron chi connectivity index (χ1n) is 6.85. The number of halogens is 4. The number of carboxylic acids is 1. The maximum absolute atomic E-state index is 12.5. The van der Waals surface area contributed by atoms with Gasteiger partial charge in [-0.15, -0.1) is 5.10 Å². The van der Waals surface area contributed by atoms with Gasteiger partial charge in [-0.3, -0.25) is 4.57 Å². The quantitative estimate of drug-likeness (QED) is 0.886. The predicted molar refractivity (Wildman–Crippen MR) is 80.0 cm³/mol. The van der Waals surface area contributed by atoms with E-state index in [2.05, 4.69) is 5.10 Å². The molecule has 6 nitrogen and oxygen atoms in total. The van der Waals surface area contributed by atoms with E-state index in [1.165, 1.54) is 31.2 Å². The highest BCUT2D eigenvalue weighted by atomic mass is 35.5. The van der Waals surface area contributed by atoms with E-state index >= 15 is 0 Å². The normalized spacial score (nSPS) is 13.0. The molecule has 0 saturated carbocycles. The molecule has 130 valence electrons. The molecule has 0 aliphatic heterocycles. The summed E-state index contributed by atoms with van der Waals surface area (Å²) in [4.78, 5) is 23.4. The Balaban J connectivity index is 2.54. The van der Waals surface area contributed by atoms with Crippen LogP contribution in [0.5, 0.6) is 0 Å². The van der Waals surface area contributed by atoms with Crippen molar-refractivity contribution in [3.05, 3.63) is 39.8 Å². The highest BCUT2D eigenvalue weighted by molar-refractivity contribution is 6.30. The lowest BCUT2D eigenvalue weighted by molar-refractivity contribution is -0.141. The topological polar surface area (TPSA) is 77.1 Å². The third kappa shape index (κ3) is 3.97. The molecule has 1 aromatic carbocycles. The maximum atomic E-state index is 12.5. The van der Waals surface area contributed by atoms with Gasteiger partial charge in [0, 0.05) is 17.1 Å².